The van der Waals surface area contributed by atoms with Gasteiger partial charge in [-0.1, -0.05) is 0 Å². The van der Waals surface area contributed by atoms with Crippen molar-refractivity contribution in [1.29, 1.82) is 0 Å². The molecule has 0 fully saturated rings. The molecule has 0 radical (unpaired) electrons. The number of primary amides is 1. The molecule has 5 heteroatoms. The predicted octanol–water partition coefficient (Wildman–Crippen LogP) is -0.155. The van der Waals surface area contributed by atoms with Crippen molar-refractivity contribution in [3.05, 3.63) is 0 Å². The van der Waals surface area contributed by atoms with Crippen LogP contribution in [-0.4, -0.2) is 36.6 Å². The molecule has 0 aromatic heterocycles. The zero-order chi connectivity index (χ0) is 9.07. The number of aliphatic hydroxyl groups excluding tert-OH is 1. The summed E-state index contributed by atoms with van der Waals surface area (Å²) < 4.78 is 11.3. The highest BCUT2D eigenvalue weighted by atomic mass is 31.2. The molecule has 11 heavy (non-hydrogen) atoms. The van der Waals surface area contributed by atoms with Crippen molar-refractivity contribution in [2.75, 3.05) is 19.9 Å². The van der Waals surface area contributed by atoms with Crippen LogP contribution >= 0.6 is 7.14 Å². The highest BCUT2D eigenvalue weighted by Crippen LogP contribution is 2.43. The second kappa shape index (κ2) is 3.88. The van der Waals surface area contributed by atoms with Crippen molar-refractivity contribution in [3.63, 3.8) is 0 Å². The topological polar surface area (TPSA) is 80.4 Å². The number of hydrogen-bond acceptors (Lipinski definition) is 3. The molecule has 0 heterocycles. The van der Waals surface area contributed by atoms with Crippen molar-refractivity contribution in [1.82, 2.24) is 0 Å². The van der Waals surface area contributed by atoms with E-state index in [0.29, 0.717) is 0 Å². The van der Waals surface area contributed by atoms with Gasteiger partial charge < -0.3 is 15.4 Å². The molecule has 1 amide bonds. The maximum Gasteiger partial charge on any atom is 0.218 e. The fourth-order valence-electron chi connectivity index (χ4n) is 0.713. The van der Waals surface area contributed by atoms with E-state index < -0.39 is 18.7 Å². The van der Waals surface area contributed by atoms with Gasteiger partial charge in [0.05, 0.1) is 13.7 Å². The number of hydrogen-bond donors (Lipinski definition) is 2. The Morgan fingerprint density at radius 3 is 2.18 bits per heavy atom. The van der Waals surface area contributed by atoms with Gasteiger partial charge in [0.1, 0.15) is 0 Å². The molecule has 0 rings (SSSR count). The Labute approximate surface area is 66.1 Å². The Bertz CT molecular complexity index is 186. The minimum absolute atomic E-state index is 0.000772. The van der Waals surface area contributed by atoms with E-state index in [9.17, 15) is 9.36 Å². The summed E-state index contributed by atoms with van der Waals surface area (Å²) in [5.74, 6) is -0.520. The first kappa shape index (κ1) is 10.7. The fourth-order valence-corrected chi connectivity index (χ4v) is 1.73. The molecule has 0 aromatic rings. The van der Waals surface area contributed by atoms with E-state index in [2.05, 4.69) is 0 Å². The van der Waals surface area contributed by atoms with Crippen molar-refractivity contribution in [2.45, 2.75) is 12.1 Å². The molecule has 1 atom stereocenters. The standard InChI is InChI=1S/C6H14NO3P/c1-11(2,10)5(4-8)3-6(7)9/h5,8H,3-4H2,1-2H3,(H2,7,9). The van der Waals surface area contributed by atoms with E-state index in [4.69, 9.17) is 10.8 Å². The van der Waals surface area contributed by atoms with Crippen LogP contribution in [-0.2, 0) is 9.36 Å². The minimum atomic E-state index is -2.38. The molecule has 0 aliphatic rings. The Morgan fingerprint density at radius 2 is 2.09 bits per heavy atom. The molecule has 0 saturated heterocycles. The molecule has 0 aliphatic heterocycles. The molecule has 0 spiro atoms. The molecule has 66 valence electrons. The second-order valence-corrected chi connectivity index (χ2v) is 6.54. The maximum atomic E-state index is 11.3. The van der Waals surface area contributed by atoms with Crippen molar-refractivity contribution < 1.29 is 14.5 Å². The molecule has 0 saturated carbocycles. The van der Waals surface area contributed by atoms with Crippen molar-refractivity contribution >= 4 is 13.0 Å². The smallest absolute Gasteiger partial charge is 0.218 e. The highest BCUT2D eigenvalue weighted by molar-refractivity contribution is 7.63. The number of rotatable bonds is 4. The first-order chi connectivity index (χ1) is 4.88. The van der Waals surface area contributed by atoms with Gasteiger partial charge >= 0.3 is 0 Å². The Hall–Kier alpha value is -0.340. The first-order valence-corrected chi connectivity index (χ1v) is 5.98. The SMILES string of the molecule is CP(C)(=O)C(CO)CC(N)=O. The largest absolute Gasteiger partial charge is 0.396 e. The number of carbonyl (C=O) groups is 1. The first-order valence-electron chi connectivity index (χ1n) is 3.31. The van der Waals surface area contributed by atoms with Gasteiger partial charge in [-0.3, -0.25) is 4.79 Å². The third-order valence-corrected chi connectivity index (χ3v) is 3.63. The molecule has 0 aromatic carbocycles. The number of amides is 1. The normalized spacial score (nSPS) is 14.5. The number of carbonyl (C=O) groups excluding carboxylic acids is 1. The Kier molecular flexibility index (Phi) is 3.76. The number of nitrogens with two attached hydrogens (primary N) is 1. The summed E-state index contributed by atoms with van der Waals surface area (Å²) in [6.07, 6.45) is 0.000772. The quantitative estimate of drug-likeness (QED) is 0.588. The third-order valence-electron chi connectivity index (χ3n) is 1.53. The fraction of sp³-hybridized carbons (Fsp3) is 0.833. The summed E-state index contributed by atoms with van der Waals surface area (Å²) in [4.78, 5) is 10.4. The summed E-state index contributed by atoms with van der Waals surface area (Å²) >= 11 is 0. The van der Waals surface area contributed by atoms with E-state index in [0.717, 1.165) is 0 Å². The highest BCUT2D eigenvalue weighted by Gasteiger charge is 2.23. The summed E-state index contributed by atoms with van der Waals surface area (Å²) in [5, 5.41) is 8.73. The summed E-state index contributed by atoms with van der Waals surface area (Å²) in [7, 11) is -2.38. The molecule has 0 aliphatic carbocycles. The molecular weight excluding hydrogens is 165 g/mol. The van der Waals surface area contributed by atoms with Gasteiger partial charge in [0.2, 0.25) is 5.91 Å². The van der Waals surface area contributed by atoms with Gasteiger partial charge in [0, 0.05) is 12.1 Å². The van der Waals surface area contributed by atoms with Crippen LogP contribution in [0.15, 0.2) is 0 Å². The molecular formula is C6H14NO3P. The van der Waals surface area contributed by atoms with E-state index in [1.54, 1.807) is 0 Å². The van der Waals surface area contributed by atoms with Crippen LogP contribution in [0, 0.1) is 0 Å². The van der Waals surface area contributed by atoms with E-state index in [1.807, 2.05) is 0 Å². The van der Waals surface area contributed by atoms with Crippen LogP contribution in [0.5, 0.6) is 0 Å². The maximum absolute atomic E-state index is 11.3. The lowest BCUT2D eigenvalue weighted by molar-refractivity contribution is -0.118. The van der Waals surface area contributed by atoms with Crippen LogP contribution in [0.3, 0.4) is 0 Å². The van der Waals surface area contributed by atoms with Crippen molar-refractivity contribution in [3.8, 4) is 0 Å². The Balaban J connectivity index is 4.19. The summed E-state index contributed by atoms with van der Waals surface area (Å²) in [6.45, 7) is 2.83. The van der Waals surface area contributed by atoms with Gasteiger partial charge in [0.25, 0.3) is 0 Å². The molecule has 3 N–H and O–H groups in total. The van der Waals surface area contributed by atoms with Crippen LogP contribution in [0.25, 0.3) is 0 Å². The van der Waals surface area contributed by atoms with Crippen LogP contribution in [0.1, 0.15) is 6.42 Å². The van der Waals surface area contributed by atoms with Gasteiger partial charge in [-0.2, -0.15) is 0 Å². The van der Waals surface area contributed by atoms with Crippen molar-refractivity contribution in [2.24, 2.45) is 5.73 Å². The minimum Gasteiger partial charge on any atom is -0.396 e. The zero-order valence-electron chi connectivity index (χ0n) is 6.78. The predicted molar refractivity (Wildman–Crippen MR) is 44.1 cm³/mol. The van der Waals surface area contributed by atoms with Crippen LogP contribution in [0.4, 0.5) is 0 Å². The lowest BCUT2D eigenvalue weighted by Crippen LogP contribution is -2.22. The monoisotopic (exact) mass is 179 g/mol. The van der Waals surface area contributed by atoms with E-state index in [1.165, 1.54) is 13.3 Å². The zero-order valence-corrected chi connectivity index (χ0v) is 7.67. The van der Waals surface area contributed by atoms with E-state index in [-0.39, 0.29) is 13.0 Å². The van der Waals surface area contributed by atoms with Gasteiger partial charge in [0.15, 0.2) is 0 Å². The lowest BCUT2D eigenvalue weighted by Gasteiger charge is -2.16. The summed E-state index contributed by atoms with van der Waals surface area (Å²) in [6, 6.07) is 0. The molecule has 1 unspecified atom stereocenters. The summed E-state index contributed by atoms with van der Waals surface area (Å²) in [5.41, 5.74) is 4.42. The molecule has 0 bridgehead atoms. The van der Waals surface area contributed by atoms with E-state index >= 15 is 0 Å². The molecule has 4 nitrogen and oxygen atoms in total. The Morgan fingerprint density at radius 1 is 1.64 bits per heavy atom. The average molecular weight is 179 g/mol. The lowest BCUT2D eigenvalue weighted by atomic mass is 10.3. The third kappa shape index (κ3) is 4.17. The number of aliphatic hydroxyl groups is 1. The second-order valence-electron chi connectivity index (χ2n) is 2.94. The van der Waals surface area contributed by atoms with Gasteiger partial charge in [-0.05, 0) is 13.3 Å². The average Bonchev–Trinajstić information content (AvgIpc) is 1.79. The van der Waals surface area contributed by atoms with Gasteiger partial charge in [-0.25, -0.2) is 0 Å². The van der Waals surface area contributed by atoms with Crippen LogP contribution < -0.4 is 5.73 Å². The van der Waals surface area contributed by atoms with Gasteiger partial charge in [-0.15, -0.1) is 0 Å². The van der Waals surface area contributed by atoms with Crippen LogP contribution in [0.2, 0.25) is 0 Å².